The predicted octanol–water partition coefficient (Wildman–Crippen LogP) is 1.57. The van der Waals surface area contributed by atoms with Crippen LogP contribution < -0.4 is 14.8 Å². The second kappa shape index (κ2) is 7.42. The minimum Gasteiger partial charge on any atom is -0.504 e. The summed E-state index contributed by atoms with van der Waals surface area (Å²) in [6, 6.07) is 7.10. The molecule has 2 aromatic carbocycles. The summed E-state index contributed by atoms with van der Waals surface area (Å²) in [5.41, 5.74) is 0.559. The van der Waals surface area contributed by atoms with E-state index >= 15 is 0 Å². The zero-order valence-electron chi connectivity index (χ0n) is 15.4. The first-order chi connectivity index (χ1) is 13.9. The van der Waals surface area contributed by atoms with Gasteiger partial charge in [0.15, 0.2) is 28.7 Å². The van der Waals surface area contributed by atoms with Crippen LogP contribution in [0.25, 0.3) is 0 Å². The smallest absolute Gasteiger partial charge is 0.253 e. The van der Waals surface area contributed by atoms with Gasteiger partial charge in [0.2, 0.25) is 6.79 Å². The molecule has 0 atom stereocenters. The van der Waals surface area contributed by atoms with Gasteiger partial charge in [-0.3, -0.25) is 9.59 Å². The van der Waals surface area contributed by atoms with Crippen LogP contribution in [0.4, 0.5) is 0 Å². The van der Waals surface area contributed by atoms with Crippen LogP contribution in [-0.2, 0) is 0 Å². The van der Waals surface area contributed by atoms with E-state index in [2.05, 4.69) is 5.32 Å². The van der Waals surface area contributed by atoms with Crippen molar-refractivity contribution in [3.05, 3.63) is 41.5 Å². The normalized spacial score (nSPS) is 15.9. The first-order valence-electron chi connectivity index (χ1n) is 9.17. The predicted molar refractivity (Wildman–Crippen MR) is 100 cm³/mol. The average Bonchev–Trinajstić information content (AvgIpc) is 3.19. The highest BCUT2D eigenvalue weighted by atomic mass is 16.7. The summed E-state index contributed by atoms with van der Waals surface area (Å²) in [7, 11) is 0. The molecule has 9 nitrogen and oxygen atoms in total. The van der Waals surface area contributed by atoms with Gasteiger partial charge in [0.1, 0.15) is 0 Å². The number of rotatable bonds is 3. The molecule has 2 aliphatic rings. The van der Waals surface area contributed by atoms with Crippen molar-refractivity contribution in [2.75, 3.05) is 19.9 Å². The van der Waals surface area contributed by atoms with Gasteiger partial charge in [-0.15, -0.1) is 0 Å². The number of hydrogen-bond acceptors (Lipinski definition) is 7. The number of carbonyl (C=O) groups is 2. The minimum atomic E-state index is -0.670. The zero-order chi connectivity index (χ0) is 20.5. The van der Waals surface area contributed by atoms with E-state index in [9.17, 15) is 24.9 Å². The van der Waals surface area contributed by atoms with E-state index in [4.69, 9.17) is 9.47 Å². The highest BCUT2D eigenvalue weighted by molar-refractivity contribution is 5.96. The Kier molecular flexibility index (Phi) is 4.79. The lowest BCUT2D eigenvalue weighted by molar-refractivity contribution is 0.0697. The lowest BCUT2D eigenvalue weighted by Crippen LogP contribution is -2.46. The molecular formula is C20H20N2O7. The van der Waals surface area contributed by atoms with Crippen molar-refractivity contribution in [3.63, 3.8) is 0 Å². The van der Waals surface area contributed by atoms with Crippen LogP contribution in [0.2, 0.25) is 0 Å². The van der Waals surface area contributed by atoms with Gasteiger partial charge < -0.3 is 35.0 Å². The summed E-state index contributed by atoms with van der Waals surface area (Å²) in [6.45, 7) is 1.10. The van der Waals surface area contributed by atoms with Gasteiger partial charge in [-0.1, -0.05) is 0 Å². The number of likely N-dealkylation sites (tertiary alicyclic amines) is 1. The van der Waals surface area contributed by atoms with E-state index in [1.165, 1.54) is 0 Å². The first kappa shape index (κ1) is 18.7. The molecule has 1 saturated heterocycles. The summed E-state index contributed by atoms with van der Waals surface area (Å²) < 4.78 is 10.6. The Balaban J connectivity index is 1.34. The fourth-order valence-corrected chi connectivity index (χ4v) is 3.44. The van der Waals surface area contributed by atoms with Crippen LogP contribution >= 0.6 is 0 Å². The third-order valence-corrected chi connectivity index (χ3v) is 5.07. The quantitative estimate of drug-likeness (QED) is 0.576. The van der Waals surface area contributed by atoms with E-state index in [0.717, 1.165) is 12.1 Å². The van der Waals surface area contributed by atoms with Gasteiger partial charge in [-0.25, -0.2) is 0 Å². The van der Waals surface area contributed by atoms with Crippen molar-refractivity contribution in [3.8, 4) is 28.7 Å². The molecule has 2 amide bonds. The van der Waals surface area contributed by atoms with Crippen LogP contribution in [0.3, 0.4) is 0 Å². The standard InChI is InChI=1S/C20H20N2O7/c23-14-7-12(8-15(24)18(14)25)19(26)21-13-3-5-22(6-4-13)20(27)11-1-2-16-17(9-11)29-10-28-16/h1-2,7-9,13,23-25H,3-6,10H2,(H,21,26). The van der Waals surface area contributed by atoms with Crippen molar-refractivity contribution >= 4 is 11.8 Å². The van der Waals surface area contributed by atoms with Gasteiger partial charge in [-0.2, -0.15) is 0 Å². The molecule has 0 saturated carbocycles. The lowest BCUT2D eigenvalue weighted by atomic mass is 10.0. The number of nitrogens with one attached hydrogen (secondary N) is 1. The van der Waals surface area contributed by atoms with Gasteiger partial charge in [0.25, 0.3) is 11.8 Å². The zero-order valence-corrected chi connectivity index (χ0v) is 15.4. The number of amides is 2. The molecule has 0 radical (unpaired) electrons. The van der Waals surface area contributed by atoms with E-state index in [1.54, 1.807) is 23.1 Å². The third kappa shape index (κ3) is 3.71. The molecule has 152 valence electrons. The largest absolute Gasteiger partial charge is 0.504 e. The number of ether oxygens (including phenoxy) is 2. The summed E-state index contributed by atoms with van der Waals surface area (Å²) in [6.07, 6.45) is 1.14. The Morgan fingerprint density at radius 1 is 0.931 bits per heavy atom. The first-order valence-corrected chi connectivity index (χ1v) is 9.17. The van der Waals surface area contributed by atoms with E-state index < -0.39 is 23.2 Å². The molecule has 0 aromatic heterocycles. The van der Waals surface area contributed by atoms with Crippen molar-refractivity contribution < 1.29 is 34.4 Å². The second-order valence-electron chi connectivity index (χ2n) is 6.97. The number of aromatic hydroxyl groups is 3. The number of hydrogen-bond donors (Lipinski definition) is 4. The van der Waals surface area contributed by atoms with E-state index in [0.29, 0.717) is 43.0 Å². The molecule has 4 rings (SSSR count). The average molecular weight is 400 g/mol. The summed E-state index contributed by atoms with van der Waals surface area (Å²) in [4.78, 5) is 26.8. The molecule has 0 spiro atoms. The van der Waals surface area contributed by atoms with E-state index in [-0.39, 0.29) is 24.3 Å². The van der Waals surface area contributed by atoms with Crippen LogP contribution in [-0.4, -0.2) is 58.0 Å². The fourth-order valence-electron chi connectivity index (χ4n) is 3.44. The molecule has 2 aromatic rings. The molecule has 2 aliphatic heterocycles. The molecule has 0 aliphatic carbocycles. The van der Waals surface area contributed by atoms with Crippen LogP contribution in [0.15, 0.2) is 30.3 Å². The third-order valence-electron chi connectivity index (χ3n) is 5.07. The highest BCUT2D eigenvalue weighted by Crippen LogP contribution is 2.35. The topological polar surface area (TPSA) is 129 Å². The number of phenolic OH excluding ortho intramolecular Hbond substituents is 3. The number of benzene rings is 2. The van der Waals surface area contributed by atoms with Gasteiger partial charge in [0, 0.05) is 30.3 Å². The number of fused-ring (bicyclic) bond motifs is 1. The Bertz CT molecular complexity index is 944. The monoisotopic (exact) mass is 400 g/mol. The second-order valence-corrected chi connectivity index (χ2v) is 6.97. The lowest BCUT2D eigenvalue weighted by Gasteiger charge is -2.32. The van der Waals surface area contributed by atoms with E-state index in [1.807, 2.05) is 0 Å². The maximum absolute atomic E-state index is 12.7. The number of phenols is 3. The number of piperidine rings is 1. The summed E-state index contributed by atoms with van der Waals surface area (Å²) in [5.74, 6) is -1.22. The Morgan fingerprint density at radius 2 is 1.59 bits per heavy atom. The minimum absolute atomic E-state index is 0.0386. The van der Waals surface area contributed by atoms with Gasteiger partial charge in [-0.05, 0) is 43.2 Å². The van der Waals surface area contributed by atoms with Gasteiger partial charge >= 0.3 is 0 Å². The summed E-state index contributed by atoms with van der Waals surface area (Å²) in [5, 5.41) is 31.3. The molecular weight excluding hydrogens is 380 g/mol. The molecule has 4 N–H and O–H groups in total. The highest BCUT2D eigenvalue weighted by Gasteiger charge is 2.26. The van der Waals surface area contributed by atoms with Crippen LogP contribution in [0.1, 0.15) is 33.6 Å². The van der Waals surface area contributed by atoms with Crippen molar-refractivity contribution in [1.29, 1.82) is 0 Å². The van der Waals surface area contributed by atoms with Crippen LogP contribution in [0, 0.1) is 0 Å². The molecule has 29 heavy (non-hydrogen) atoms. The number of carbonyl (C=O) groups excluding carboxylic acids is 2. The molecule has 2 heterocycles. The Hall–Kier alpha value is -3.62. The Morgan fingerprint density at radius 3 is 2.28 bits per heavy atom. The van der Waals surface area contributed by atoms with Crippen molar-refractivity contribution in [1.82, 2.24) is 10.2 Å². The molecule has 9 heteroatoms. The summed E-state index contributed by atoms with van der Waals surface area (Å²) >= 11 is 0. The van der Waals surface area contributed by atoms with Gasteiger partial charge in [0.05, 0.1) is 0 Å². The Labute approximate surface area is 166 Å². The van der Waals surface area contributed by atoms with Crippen LogP contribution in [0.5, 0.6) is 28.7 Å². The van der Waals surface area contributed by atoms with Crippen molar-refractivity contribution in [2.24, 2.45) is 0 Å². The SMILES string of the molecule is O=C(NC1CCN(C(=O)c2ccc3c(c2)OCO3)CC1)c1cc(O)c(O)c(O)c1. The molecule has 0 unspecified atom stereocenters. The number of nitrogens with zero attached hydrogens (tertiary/aromatic N) is 1. The maximum Gasteiger partial charge on any atom is 0.253 e. The fraction of sp³-hybridized carbons (Fsp3) is 0.300. The molecule has 1 fully saturated rings. The van der Waals surface area contributed by atoms with Crippen molar-refractivity contribution in [2.45, 2.75) is 18.9 Å². The maximum atomic E-state index is 12.7. The molecule has 0 bridgehead atoms.